The minimum Gasteiger partial charge on any atom is -0.473 e. The van der Waals surface area contributed by atoms with Gasteiger partial charge in [-0.25, -0.2) is 14.6 Å². The van der Waals surface area contributed by atoms with Crippen LogP contribution in [-0.4, -0.2) is 25.7 Å². The van der Waals surface area contributed by atoms with Crippen molar-refractivity contribution >= 4 is 11.6 Å². The first-order chi connectivity index (χ1) is 14.7. The molecule has 4 aromatic rings. The highest BCUT2D eigenvalue weighted by atomic mass is 16.5. The molecule has 7 nitrogen and oxygen atoms in total. The van der Waals surface area contributed by atoms with Crippen LogP contribution >= 0.6 is 0 Å². The van der Waals surface area contributed by atoms with Crippen LogP contribution in [0.5, 0.6) is 5.88 Å². The summed E-state index contributed by atoms with van der Waals surface area (Å²) in [4.78, 5) is 21.4. The van der Waals surface area contributed by atoms with Crippen molar-refractivity contribution < 1.29 is 9.53 Å². The second-order valence-electron chi connectivity index (χ2n) is 6.57. The molecule has 1 amide bonds. The summed E-state index contributed by atoms with van der Waals surface area (Å²) in [6, 6.07) is 18.9. The van der Waals surface area contributed by atoms with Crippen LogP contribution in [0.4, 0.5) is 5.69 Å². The Labute approximate surface area is 174 Å². The molecule has 4 rings (SSSR count). The van der Waals surface area contributed by atoms with E-state index in [1.165, 1.54) is 0 Å². The molecule has 0 aliphatic carbocycles. The van der Waals surface area contributed by atoms with E-state index >= 15 is 0 Å². The number of rotatable bonds is 7. The lowest BCUT2D eigenvalue weighted by Gasteiger charge is -2.09. The molecule has 7 heteroatoms. The van der Waals surface area contributed by atoms with Crippen molar-refractivity contribution in [3.8, 4) is 11.7 Å². The largest absolute Gasteiger partial charge is 0.473 e. The summed E-state index contributed by atoms with van der Waals surface area (Å²) in [7, 11) is 0. The quantitative estimate of drug-likeness (QED) is 0.507. The average Bonchev–Trinajstić information content (AvgIpc) is 3.24. The maximum Gasteiger partial charge on any atom is 0.259 e. The minimum absolute atomic E-state index is 0.242. The summed E-state index contributed by atoms with van der Waals surface area (Å²) in [5.74, 6) is 0.929. The van der Waals surface area contributed by atoms with Gasteiger partial charge in [0.05, 0.1) is 29.3 Å². The van der Waals surface area contributed by atoms with Crippen LogP contribution in [0.15, 0.2) is 79.3 Å². The first kappa shape index (κ1) is 19.3. The van der Waals surface area contributed by atoms with Gasteiger partial charge in [0.25, 0.3) is 5.91 Å². The molecular weight excluding hydrogens is 378 g/mol. The number of nitrogens with zero attached hydrogens (tertiary/aromatic N) is 4. The number of carbonyl (C=O) groups excluding carboxylic acids is 1. The third-order valence-electron chi connectivity index (χ3n) is 4.54. The highest BCUT2D eigenvalue weighted by Gasteiger charge is 2.18. The lowest BCUT2D eigenvalue weighted by atomic mass is 10.2. The van der Waals surface area contributed by atoms with Gasteiger partial charge in [0.1, 0.15) is 6.61 Å². The lowest BCUT2D eigenvalue weighted by molar-refractivity contribution is 0.102. The van der Waals surface area contributed by atoms with Crippen molar-refractivity contribution in [2.45, 2.75) is 20.0 Å². The van der Waals surface area contributed by atoms with Crippen molar-refractivity contribution in [2.75, 3.05) is 5.32 Å². The number of aromatic nitrogens is 4. The Hall–Kier alpha value is -4.00. The minimum atomic E-state index is -0.242. The van der Waals surface area contributed by atoms with Crippen LogP contribution in [0.25, 0.3) is 5.82 Å². The standard InChI is InChI=1S/C23H21N5O2/c1-2-20-19(15-26-28(20)21-10-6-7-13-24-21)23(29)27-18-11-12-22(25-14-18)30-16-17-8-4-3-5-9-17/h3-15H,2,16H2,1H3,(H,27,29). The van der Waals surface area contributed by atoms with Crippen LogP contribution in [-0.2, 0) is 13.0 Å². The van der Waals surface area contributed by atoms with Gasteiger partial charge in [-0.15, -0.1) is 0 Å². The molecule has 0 fully saturated rings. The number of carbonyl (C=O) groups is 1. The Balaban J connectivity index is 1.43. The molecule has 3 heterocycles. The number of hydrogen-bond acceptors (Lipinski definition) is 5. The van der Waals surface area contributed by atoms with Gasteiger partial charge in [-0.1, -0.05) is 43.3 Å². The maximum atomic E-state index is 12.8. The number of benzene rings is 1. The Morgan fingerprint density at radius 1 is 1.00 bits per heavy atom. The van der Waals surface area contributed by atoms with E-state index < -0.39 is 0 Å². The average molecular weight is 399 g/mol. The SMILES string of the molecule is CCc1c(C(=O)Nc2ccc(OCc3ccccc3)nc2)cnn1-c1ccccn1. The van der Waals surface area contributed by atoms with E-state index in [2.05, 4.69) is 20.4 Å². The molecule has 150 valence electrons. The number of hydrogen-bond donors (Lipinski definition) is 1. The summed E-state index contributed by atoms with van der Waals surface area (Å²) in [5, 5.41) is 7.21. The lowest BCUT2D eigenvalue weighted by Crippen LogP contribution is -2.14. The third kappa shape index (κ3) is 4.35. The van der Waals surface area contributed by atoms with E-state index in [1.54, 1.807) is 35.4 Å². The molecule has 0 saturated heterocycles. The van der Waals surface area contributed by atoms with Gasteiger partial charge in [0, 0.05) is 12.3 Å². The van der Waals surface area contributed by atoms with Crippen LogP contribution in [0, 0.1) is 0 Å². The summed E-state index contributed by atoms with van der Waals surface area (Å²) in [5.41, 5.74) is 2.95. The summed E-state index contributed by atoms with van der Waals surface area (Å²) in [6.07, 6.45) is 5.48. The molecule has 0 radical (unpaired) electrons. The second-order valence-corrected chi connectivity index (χ2v) is 6.57. The van der Waals surface area contributed by atoms with Crippen molar-refractivity contribution in [2.24, 2.45) is 0 Å². The van der Waals surface area contributed by atoms with Crippen LogP contribution in [0.3, 0.4) is 0 Å². The van der Waals surface area contributed by atoms with Crippen molar-refractivity contribution in [1.82, 2.24) is 19.7 Å². The zero-order chi connectivity index (χ0) is 20.8. The number of anilines is 1. The van der Waals surface area contributed by atoms with Gasteiger partial charge in [-0.2, -0.15) is 5.10 Å². The molecule has 0 unspecified atom stereocenters. The summed E-state index contributed by atoms with van der Waals surface area (Å²) >= 11 is 0. The number of ether oxygens (including phenoxy) is 1. The van der Waals surface area contributed by atoms with Gasteiger partial charge in [-0.3, -0.25) is 4.79 Å². The van der Waals surface area contributed by atoms with Gasteiger partial charge in [0.15, 0.2) is 5.82 Å². The molecule has 3 aromatic heterocycles. The van der Waals surface area contributed by atoms with Crippen molar-refractivity contribution in [1.29, 1.82) is 0 Å². The highest BCUT2D eigenvalue weighted by Crippen LogP contribution is 2.18. The predicted octanol–water partition coefficient (Wildman–Crippen LogP) is 4.06. The summed E-state index contributed by atoms with van der Waals surface area (Å²) < 4.78 is 7.37. The molecule has 0 aliphatic heterocycles. The molecular formula is C23H21N5O2. The van der Waals surface area contributed by atoms with E-state index in [0.29, 0.717) is 36.0 Å². The van der Waals surface area contributed by atoms with Crippen LogP contribution in [0.1, 0.15) is 28.5 Å². The molecule has 0 atom stereocenters. The topological polar surface area (TPSA) is 81.9 Å². The van der Waals surface area contributed by atoms with Gasteiger partial charge >= 0.3 is 0 Å². The molecule has 0 spiro atoms. The predicted molar refractivity (Wildman–Crippen MR) is 114 cm³/mol. The second kappa shape index (κ2) is 9.00. The Bertz CT molecular complexity index is 1110. The molecule has 0 saturated carbocycles. The van der Waals surface area contributed by atoms with E-state index in [9.17, 15) is 4.79 Å². The van der Waals surface area contributed by atoms with Crippen molar-refractivity contribution in [3.05, 3.63) is 96.1 Å². The summed E-state index contributed by atoms with van der Waals surface area (Å²) in [6.45, 7) is 2.42. The monoisotopic (exact) mass is 399 g/mol. The number of amides is 1. The van der Waals surface area contributed by atoms with E-state index in [1.807, 2.05) is 55.5 Å². The fourth-order valence-corrected chi connectivity index (χ4v) is 3.05. The molecule has 30 heavy (non-hydrogen) atoms. The van der Waals surface area contributed by atoms with Crippen LogP contribution < -0.4 is 10.1 Å². The normalized spacial score (nSPS) is 10.6. The molecule has 1 N–H and O–H groups in total. The van der Waals surface area contributed by atoms with Gasteiger partial charge < -0.3 is 10.1 Å². The van der Waals surface area contributed by atoms with E-state index in [-0.39, 0.29) is 5.91 Å². The Morgan fingerprint density at radius 2 is 1.83 bits per heavy atom. The first-order valence-corrected chi connectivity index (χ1v) is 9.67. The smallest absolute Gasteiger partial charge is 0.259 e. The fraction of sp³-hybridized carbons (Fsp3) is 0.130. The van der Waals surface area contributed by atoms with Crippen molar-refractivity contribution in [3.63, 3.8) is 0 Å². The number of nitrogens with one attached hydrogen (secondary N) is 1. The fourth-order valence-electron chi connectivity index (χ4n) is 3.05. The van der Waals surface area contributed by atoms with Crippen LogP contribution in [0.2, 0.25) is 0 Å². The third-order valence-corrected chi connectivity index (χ3v) is 4.54. The van der Waals surface area contributed by atoms with Gasteiger partial charge in [0.2, 0.25) is 5.88 Å². The molecule has 0 bridgehead atoms. The van der Waals surface area contributed by atoms with E-state index in [0.717, 1.165) is 11.3 Å². The van der Waals surface area contributed by atoms with E-state index in [4.69, 9.17) is 4.74 Å². The maximum absolute atomic E-state index is 12.8. The Kier molecular flexibility index (Phi) is 5.80. The first-order valence-electron chi connectivity index (χ1n) is 9.67. The zero-order valence-corrected chi connectivity index (χ0v) is 16.5. The van der Waals surface area contributed by atoms with Gasteiger partial charge in [-0.05, 0) is 30.2 Å². The molecule has 0 aliphatic rings. The highest BCUT2D eigenvalue weighted by molar-refractivity contribution is 6.04. The number of pyridine rings is 2. The molecule has 1 aromatic carbocycles. The zero-order valence-electron chi connectivity index (χ0n) is 16.5. The Morgan fingerprint density at radius 3 is 2.53 bits per heavy atom.